The van der Waals surface area contributed by atoms with Crippen LogP contribution in [0.5, 0.6) is 0 Å². The number of methoxy groups -OCH3 is 1. The quantitative estimate of drug-likeness (QED) is 0.461. The van der Waals surface area contributed by atoms with Crippen LogP contribution in [0.25, 0.3) is 0 Å². The standard InChI is InChI=1S/C18H25NO6/c1-18(2,3)25-17(22)19-11-5-6-15(20)24-12-13-7-9-14(10-8-13)16(21)23-4/h7-10H,5-6,11-12H2,1-4H3,(H,19,22). The number of hydrogen-bond donors (Lipinski definition) is 1. The van der Waals surface area contributed by atoms with Crippen molar-refractivity contribution >= 4 is 18.0 Å². The molecule has 1 rings (SSSR count). The molecule has 0 heterocycles. The Balaban J connectivity index is 2.22. The predicted octanol–water partition coefficient (Wildman–Crippen LogP) is 2.82. The zero-order valence-corrected chi connectivity index (χ0v) is 15.1. The summed E-state index contributed by atoms with van der Waals surface area (Å²) in [4.78, 5) is 34.4. The zero-order chi connectivity index (χ0) is 18.9. The molecule has 0 bridgehead atoms. The molecule has 1 aromatic carbocycles. The predicted molar refractivity (Wildman–Crippen MR) is 91.0 cm³/mol. The first-order valence-corrected chi connectivity index (χ1v) is 8.01. The summed E-state index contributed by atoms with van der Waals surface area (Å²) < 4.78 is 14.8. The summed E-state index contributed by atoms with van der Waals surface area (Å²) in [6.07, 6.45) is 0.140. The van der Waals surface area contributed by atoms with Gasteiger partial charge in [-0.15, -0.1) is 0 Å². The molecule has 7 nitrogen and oxygen atoms in total. The molecule has 25 heavy (non-hydrogen) atoms. The summed E-state index contributed by atoms with van der Waals surface area (Å²) in [5.74, 6) is -0.774. The monoisotopic (exact) mass is 351 g/mol. The number of ether oxygens (including phenoxy) is 3. The molecule has 0 aliphatic rings. The van der Waals surface area contributed by atoms with Gasteiger partial charge >= 0.3 is 18.0 Å². The molecular formula is C18H25NO6. The van der Waals surface area contributed by atoms with Crippen LogP contribution in [-0.2, 0) is 25.6 Å². The largest absolute Gasteiger partial charge is 0.465 e. The van der Waals surface area contributed by atoms with Crippen LogP contribution in [0.1, 0.15) is 49.5 Å². The lowest BCUT2D eigenvalue weighted by molar-refractivity contribution is -0.145. The summed E-state index contributed by atoms with van der Waals surface area (Å²) >= 11 is 0. The highest BCUT2D eigenvalue weighted by Crippen LogP contribution is 2.08. The van der Waals surface area contributed by atoms with Gasteiger partial charge in [-0.25, -0.2) is 9.59 Å². The van der Waals surface area contributed by atoms with Crippen LogP contribution in [0.2, 0.25) is 0 Å². The first kappa shape index (κ1) is 20.5. The molecule has 1 N–H and O–H groups in total. The van der Waals surface area contributed by atoms with E-state index < -0.39 is 17.7 Å². The lowest BCUT2D eigenvalue weighted by Gasteiger charge is -2.19. The number of hydrogen-bond acceptors (Lipinski definition) is 6. The second kappa shape index (κ2) is 9.66. The van der Waals surface area contributed by atoms with Gasteiger partial charge in [0.05, 0.1) is 12.7 Å². The van der Waals surface area contributed by atoms with Crippen molar-refractivity contribution in [1.82, 2.24) is 5.32 Å². The number of amides is 1. The Kier molecular flexibility index (Phi) is 7.91. The van der Waals surface area contributed by atoms with Crippen molar-refractivity contribution in [2.24, 2.45) is 0 Å². The number of rotatable bonds is 7. The summed E-state index contributed by atoms with van der Waals surface area (Å²) in [5, 5.41) is 2.58. The maximum atomic E-state index is 11.7. The van der Waals surface area contributed by atoms with Crippen molar-refractivity contribution < 1.29 is 28.6 Å². The van der Waals surface area contributed by atoms with Crippen molar-refractivity contribution in [3.05, 3.63) is 35.4 Å². The molecular weight excluding hydrogens is 326 g/mol. The first-order valence-electron chi connectivity index (χ1n) is 8.01. The fourth-order valence-electron chi connectivity index (χ4n) is 1.83. The van der Waals surface area contributed by atoms with Gasteiger partial charge in [0, 0.05) is 13.0 Å². The molecule has 0 aromatic heterocycles. The molecule has 1 aromatic rings. The van der Waals surface area contributed by atoms with Gasteiger partial charge in [-0.1, -0.05) is 12.1 Å². The Labute approximate surface area is 147 Å². The fourth-order valence-corrected chi connectivity index (χ4v) is 1.83. The Bertz CT molecular complexity index is 589. The van der Waals surface area contributed by atoms with Gasteiger partial charge in [0.1, 0.15) is 12.2 Å². The van der Waals surface area contributed by atoms with Crippen molar-refractivity contribution in [2.75, 3.05) is 13.7 Å². The number of carbonyl (C=O) groups excluding carboxylic acids is 3. The molecule has 0 atom stereocenters. The number of nitrogens with one attached hydrogen (secondary N) is 1. The van der Waals surface area contributed by atoms with Crippen LogP contribution in [0.3, 0.4) is 0 Å². The molecule has 1 amide bonds. The van der Waals surface area contributed by atoms with E-state index in [1.807, 2.05) is 0 Å². The van der Waals surface area contributed by atoms with E-state index in [-0.39, 0.29) is 19.0 Å². The van der Waals surface area contributed by atoms with E-state index in [1.54, 1.807) is 45.0 Å². The van der Waals surface area contributed by atoms with Crippen LogP contribution in [0.4, 0.5) is 4.79 Å². The van der Waals surface area contributed by atoms with Crippen molar-refractivity contribution in [3.63, 3.8) is 0 Å². The Morgan fingerprint density at radius 3 is 2.28 bits per heavy atom. The fraction of sp³-hybridized carbons (Fsp3) is 0.500. The Morgan fingerprint density at radius 2 is 1.72 bits per heavy atom. The van der Waals surface area contributed by atoms with Crippen LogP contribution in [0.15, 0.2) is 24.3 Å². The van der Waals surface area contributed by atoms with Gasteiger partial charge < -0.3 is 19.5 Å². The second-order valence-corrected chi connectivity index (χ2v) is 6.38. The Hall–Kier alpha value is -2.57. The average molecular weight is 351 g/mol. The molecule has 0 saturated heterocycles. The summed E-state index contributed by atoms with van der Waals surface area (Å²) in [6, 6.07) is 6.62. The molecule has 138 valence electrons. The highest BCUT2D eigenvalue weighted by Gasteiger charge is 2.15. The number of esters is 2. The van der Waals surface area contributed by atoms with Crippen LogP contribution in [-0.4, -0.2) is 37.3 Å². The lowest BCUT2D eigenvalue weighted by Crippen LogP contribution is -2.33. The summed E-state index contributed by atoms with van der Waals surface area (Å²) in [7, 11) is 1.32. The van der Waals surface area contributed by atoms with E-state index in [1.165, 1.54) is 7.11 Å². The minimum Gasteiger partial charge on any atom is -0.465 e. The molecule has 0 spiro atoms. The summed E-state index contributed by atoms with van der Waals surface area (Å²) in [5.41, 5.74) is 0.658. The van der Waals surface area contributed by atoms with Gasteiger partial charge in [0.2, 0.25) is 0 Å². The molecule has 0 unspecified atom stereocenters. The third kappa shape index (κ3) is 8.74. The van der Waals surface area contributed by atoms with Crippen molar-refractivity contribution in [3.8, 4) is 0 Å². The van der Waals surface area contributed by atoms with E-state index >= 15 is 0 Å². The third-order valence-corrected chi connectivity index (χ3v) is 3.00. The Morgan fingerprint density at radius 1 is 1.08 bits per heavy atom. The van der Waals surface area contributed by atoms with Gasteiger partial charge in [-0.05, 0) is 44.9 Å². The number of benzene rings is 1. The van der Waals surface area contributed by atoms with Gasteiger partial charge in [0.25, 0.3) is 0 Å². The smallest absolute Gasteiger partial charge is 0.407 e. The molecule has 0 aliphatic heterocycles. The first-order chi connectivity index (χ1) is 11.7. The van der Waals surface area contributed by atoms with E-state index in [0.717, 1.165) is 5.56 Å². The summed E-state index contributed by atoms with van der Waals surface area (Å²) in [6.45, 7) is 5.79. The van der Waals surface area contributed by atoms with E-state index in [4.69, 9.17) is 9.47 Å². The normalized spacial score (nSPS) is 10.7. The molecule has 0 radical (unpaired) electrons. The van der Waals surface area contributed by atoms with Crippen molar-refractivity contribution in [2.45, 2.75) is 45.8 Å². The average Bonchev–Trinajstić information content (AvgIpc) is 2.55. The van der Waals surface area contributed by atoms with Gasteiger partial charge in [-0.3, -0.25) is 4.79 Å². The highest BCUT2D eigenvalue weighted by molar-refractivity contribution is 5.89. The van der Waals surface area contributed by atoms with Crippen molar-refractivity contribution in [1.29, 1.82) is 0 Å². The third-order valence-electron chi connectivity index (χ3n) is 3.00. The number of alkyl carbamates (subject to hydrolysis) is 1. The van der Waals surface area contributed by atoms with Crippen LogP contribution < -0.4 is 5.32 Å². The second-order valence-electron chi connectivity index (χ2n) is 6.38. The van der Waals surface area contributed by atoms with Crippen LogP contribution in [0, 0.1) is 0 Å². The SMILES string of the molecule is COC(=O)c1ccc(COC(=O)CCCNC(=O)OC(C)(C)C)cc1. The van der Waals surface area contributed by atoms with Gasteiger partial charge in [-0.2, -0.15) is 0 Å². The zero-order valence-electron chi connectivity index (χ0n) is 15.1. The maximum Gasteiger partial charge on any atom is 0.407 e. The minimum atomic E-state index is -0.549. The van der Waals surface area contributed by atoms with Crippen LogP contribution >= 0.6 is 0 Å². The minimum absolute atomic E-state index is 0.125. The maximum absolute atomic E-state index is 11.7. The van der Waals surface area contributed by atoms with E-state index in [0.29, 0.717) is 18.5 Å². The number of carbonyl (C=O) groups is 3. The highest BCUT2D eigenvalue weighted by atomic mass is 16.6. The lowest BCUT2D eigenvalue weighted by atomic mass is 10.1. The van der Waals surface area contributed by atoms with E-state index in [2.05, 4.69) is 10.1 Å². The molecule has 0 saturated carbocycles. The molecule has 0 fully saturated rings. The van der Waals surface area contributed by atoms with Gasteiger partial charge in [0.15, 0.2) is 0 Å². The molecule has 7 heteroatoms. The van der Waals surface area contributed by atoms with E-state index in [9.17, 15) is 14.4 Å². The topological polar surface area (TPSA) is 90.9 Å². The molecule has 0 aliphatic carbocycles.